The van der Waals surface area contributed by atoms with E-state index < -0.39 is 5.91 Å². The summed E-state index contributed by atoms with van der Waals surface area (Å²) in [5, 5.41) is 7.50. The van der Waals surface area contributed by atoms with E-state index in [1.807, 2.05) is 30.3 Å². The molecule has 0 saturated carbocycles. The summed E-state index contributed by atoms with van der Waals surface area (Å²) in [5.74, 6) is 0.203. The van der Waals surface area contributed by atoms with Crippen LogP contribution in [0.4, 0.5) is 5.69 Å². The number of para-hydroxylation sites is 1. The lowest BCUT2D eigenvalue weighted by Crippen LogP contribution is -2.28. The Morgan fingerprint density at radius 3 is 2.59 bits per heavy atom. The molecule has 0 saturated heterocycles. The fourth-order valence-electron chi connectivity index (χ4n) is 2.27. The van der Waals surface area contributed by atoms with Crippen LogP contribution in [0.3, 0.4) is 0 Å². The highest BCUT2D eigenvalue weighted by Gasteiger charge is 2.12. The van der Waals surface area contributed by atoms with Crippen LogP contribution in [0.15, 0.2) is 65.5 Å². The molecule has 1 heterocycles. The molecule has 0 atom stereocenters. The smallest absolute Gasteiger partial charge is 0.276 e. The fraction of sp³-hybridized carbons (Fsp3) is 0.105. The molecular formula is C19H15Cl2N3O3. The number of ether oxygens (including phenoxy) is 1. The number of nitrogens with zero attached hydrogens (tertiary/aromatic N) is 2. The van der Waals surface area contributed by atoms with Crippen LogP contribution in [0, 0.1) is 0 Å². The van der Waals surface area contributed by atoms with Gasteiger partial charge >= 0.3 is 0 Å². The molecule has 0 aliphatic rings. The lowest BCUT2D eigenvalue weighted by Gasteiger charge is -2.10. The van der Waals surface area contributed by atoms with Crippen molar-refractivity contribution in [1.29, 1.82) is 0 Å². The van der Waals surface area contributed by atoms with E-state index in [1.54, 1.807) is 12.1 Å². The van der Waals surface area contributed by atoms with E-state index >= 15 is 0 Å². The zero-order valence-corrected chi connectivity index (χ0v) is 15.6. The van der Waals surface area contributed by atoms with E-state index in [4.69, 9.17) is 27.9 Å². The van der Waals surface area contributed by atoms with Crippen LogP contribution in [-0.2, 0) is 6.54 Å². The van der Waals surface area contributed by atoms with Crippen LogP contribution in [0.25, 0.3) is 0 Å². The van der Waals surface area contributed by atoms with Gasteiger partial charge in [-0.05, 0) is 36.4 Å². The molecule has 1 N–H and O–H groups in total. The van der Waals surface area contributed by atoms with E-state index in [0.29, 0.717) is 21.5 Å². The minimum absolute atomic E-state index is 0.0836. The molecule has 27 heavy (non-hydrogen) atoms. The number of carbonyl (C=O) groups is 1. The summed E-state index contributed by atoms with van der Waals surface area (Å²) in [5.41, 5.74) is 0.158. The summed E-state index contributed by atoms with van der Waals surface area (Å²) >= 11 is 11.9. The Balaban J connectivity index is 1.68. The van der Waals surface area contributed by atoms with Crippen molar-refractivity contribution in [2.45, 2.75) is 6.54 Å². The highest BCUT2D eigenvalue weighted by Crippen LogP contribution is 2.25. The van der Waals surface area contributed by atoms with Crippen molar-refractivity contribution >= 4 is 34.8 Å². The van der Waals surface area contributed by atoms with Crippen molar-refractivity contribution in [3.63, 3.8) is 0 Å². The van der Waals surface area contributed by atoms with E-state index in [2.05, 4.69) is 10.4 Å². The Bertz CT molecular complexity index is 1010. The fourth-order valence-corrected chi connectivity index (χ4v) is 2.73. The predicted octanol–water partition coefficient (Wildman–Crippen LogP) is 3.88. The van der Waals surface area contributed by atoms with Crippen molar-refractivity contribution in [1.82, 2.24) is 9.78 Å². The van der Waals surface area contributed by atoms with Crippen LogP contribution < -0.4 is 15.6 Å². The Morgan fingerprint density at radius 2 is 1.85 bits per heavy atom. The number of hydrogen-bond acceptors (Lipinski definition) is 4. The maximum Gasteiger partial charge on any atom is 0.276 e. The number of anilines is 1. The molecule has 0 radical (unpaired) electrons. The first-order valence-electron chi connectivity index (χ1n) is 8.05. The molecule has 8 heteroatoms. The second kappa shape index (κ2) is 8.70. The summed E-state index contributed by atoms with van der Waals surface area (Å²) in [6, 6.07) is 16.6. The van der Waals surface area contributed by atoms with Crippen LogP contribution >= 0.6 is 23.2 Å². The third-order valence-corrected chi connectivity index (χ3v) is 4.14. The Labute approximate surface area is 165 Å². The van der Waals surface area contributed by atoms with Crippen LogP contribution in [0.1, 0.15) is 10.5 Å². The van der Waals surface area contributed by atoms with Gasteiger partial charge in [0.15, 0.2) is 0 Å². The highest BCUT2D eigenvalue weighted by molar-refractivity contribution is 6.36. The summed E-state index contributed by atoms with van der Waals surface area (Å²) in [7, 11) is 0. The first-order valence-corrected chi connectivity index (χ1v) is 8.81. The second-order valence-corrected chi connectivity index (χ2v) is 6.36. The predicted molar refractivity (Wildman–Crippen MR) is 105 cm³/mol. The molecular weight excluding hydrogens is 389 g/mol. The van der Waals surface area contributed by atoms with Crippen LogP contribution in [0.5, 0.6) is 5.75 Å². The number of aromatic nitrogens is 2. The minimum atomic E-state index is -0.489. The molecule has 1 amide bonds. The molecule has 1 aromatic heterocycles. The topological polar surface area (TPSA) is 73.2 Å². The van der Waals surface area contributed by atoms with Gasteiger partial charge in [0, 0.05) is 11.1 Å². The van der Waals surface area contributed by atoms with E-state index in [0.717, 1.165) is 0 Å². The molecule has 0 spiro atoms. The van der Waals surface area contributed by atoms with Crippen molar-refractivity contribution in [3.05, 3.63) is 86.8 Å². The SMILES string of the molecule is O=C(Nc1ccc(Cl)cc1Cl)c1ccc(=O)n(CCOc2ccccc2)n1. The molecule has 3 rings (SSSR count). The van der Waals surface area contributed by atoms with Crippen molar-refractivity contribution in [2.24, 2.45) is 0 Å². The quantitative estimate of drug-likeness (QED) is 0.677. The van der Waals surface area contributed by atoms with Gasteiger partial charge in [-0.3, -0.25) is 9.59 Å². The van der Waals surface area contributed by atoms with E-state index in [1.165, 1.54) is 22.9 Å². The largest absolute Gasteiger partial charge is 0.492 e. The van der Waals surface area contributed by atoms with Crippen molar-refractivity contribution in [3.8, 4) is 5.75 Å². The number of carbonyl (C=O) groups excluding carboxylic acids is 1. The molecule has 0 aliphatic carbocycles. The summed E-state index contributed by atoms with van der Waals surface area (Å²) in [6.07, 6.45) is 0. The van der Waals surface area contributed by atoms with E-state index in [-0.39, 0.29) is 24.4 Å². The van der Waals surface area contributed by atoms with Gasteiger partial charge in [-0.1, -0.05) is 41.4 Å². The molecule has 2 aromatic carbocycles. The number of benzene rings is 2. The summed E-state index contributed by atoms with van der Waals surface area (Å²) in [6.45, 7) is 0.446. The van der Waals surface area contributed by atoms with Gasteiger partial charge in [0.2, 0.25) is 0 Å². The molecule has 0 bridgehead atoms. The number of nitrogens with one attached hydrogen (secondary N) is 1. The maximum absolute atomic E-state index is 12.4. The second-order valence-electron chi connectivity index (χ2n) is 5.52. The van der Waals surface area contributed by atoms with Crippen LogP contribution in [-0.4, -0.2) is 22.3 Å². The standard InChI is InChI=1S/C19H15Cl2N3O3/c20-13-6-7-16(15(21)12-13)22-19(26)17-8-9-18(25)24(23-17)10-11-27-14-4-2-1-3-5-14/h1-9,12H,10-11H2,(H,22,26). The van der Waals surface area contributed by atoms with Gasteiger partial charge in [0.25, 0.3) is 11.5 Å². The average Bonchev–Trinajstić information content (AvgIpc) is 2.66. The molecule has 138 valence electrons. The summed E-state index contributed by atoms with van der Waals surface area (Å²) < 4.78 is 6.74. The first-order chi connectivity index (χ1) is 13.0. The van der Waals surface area contributed by atoms with Crippen molar-refractivity contribution in [2.75, 3.05) is 11.9 Å². The molecule has 0 unspecified atom stereocenters. The lowest BCUT2D eigenvalue weighted by molar-refractivity contribution is 0.101. The Hall–Kier alpha value is -2.83. The van der Waals surface area contributed by atoms with Gasteiger partial charge in [-0.15, -0.1) is 0 Å². The molecule has 6 nitrogen and oxygen atoms in total. The highest BCUT2D eigenvalue weighted by atomic mass is 35.5. The zero-order valence-electron chi connectivity index (χ0n) is 14.1. The Morgan fingerprint density at radius 1 is 1.07 bits per heavy atom. The first kappa shape index (κ1) is 18.9. The third kappa shape index (κ3) is 5.09. The van der Waals surface area contributed by atoms with E-state index in [9.17, 15) is 9.59 Å². The lowest BCUT2D eigenvalue weighted by atomic mass is 10.3. The zero-order chi connectivity index (χ0) is 19.2. The number of amides is 1. The molecule has 3 aromatic rings. The normalized spacial score (nSPS) is 10.4. The molecule has 0 fully saturated rings. The number of halogens is 2. The van der Waals surface area contributed by atoms with Gasteiger partial charge in [0.05, 0.1) is 17.3 Å². The Kier molecular flexibility index (Phi) is 6.11. The third-order valence-electron chi connectivity index (χ3n) is 3.59. The average molecular weight is 404 g/mol. The van der Waals surface area contributed by atoms with Gasteiger partial charge in [0.1, 0.15) is 18.1 Å². The van der Waals surface area contributed by atoms with Gasteiger partial charge in [-0.2, -0.15) is 5.10 Å². The maximum atomic E-state index is 12.4. The van der Waals surface area contributed by atoms with Crippen molar-refractivity contribution < 1.29 is 9.53 Å². The van der Waals surface area contributed by atoms with Gasteiger partial charge in [-0.25, -0.2) is 4.68 Å². The van der Waals surface area contributed by atoms with Gasteiger partial charge < -0.3 is 10.1 Å². The summed E-state index contributed by atoms with van der Waals surface area (Å²) in [4.78, 5) is 24.4. The molecule has 0 aliphatic heterocycles. The van der Waals surface area contributed by atoms with Crippen LogP contribution in [0.2, 0.25) is 10.0 Å². The minimum Gasteiger partial charge on any atom is -0.492 e. The number of rotatable bonds is 6. The monoisotopic (exact) mass is 403 g/mol. The number of hydrogen-bond donors (Lipinski definition) is 1.